The summed E-state index contributed by atoms with van der Waals surface area (Å²) in [7, 11) is 1.76. The maximum absolute atomic E-state index is 14.8. The number of carbonyl (C=O) groups excluding carboxylic acids is 14. The van der Waals surface area contributed by atoms with Crippen LogP contribution in [0.1, 0.15) is 78.2 Å². The quantitative estimate of drug-likeness (QED) is 0.0453. The van der Waals surface area contributed by atoms with Crippen LogP contribution in [0.4, 0.5) is 0 Å². The van der Waals surface area contributed by atoms with Gasteiger partial charge in [0.2, 0.25) is 82.7 Å². The van der Waals surface area contributed by atoms with E-state index in [0.29, 0.717) is 5.56 Å². The second kappa shape index (κ2) is 33.8. The Hall–Kier alpha value is -7.74. The summed E-state index contributed by atoms with van der Waals surface area (Å²) in [5, 5.41) is 34.7. The Kier molecular flexibility index (Phi) is 28.1. The molecule has 0 saturated carbocycles. The summed E-state index contributed by atoms with van der Waals surface area (Å²) in [6, 6.07) is -6.44. The third-order valence-corrected chi connectivity index (χ3v) is 15.1. The van der Waals surface area contributed by atoms with Crippen molar-refractivity contribution in [3.05, 3.63) is 29.8 Å². The van der Waals surface area contributed by atoms with Crippen LogP contribution in [0.25, 0.3) is 0 Å². The Balaban J connectivity index is 2.17. The largest absolute Gasteiger partial charge is 0.508 e. The Morgan fingerprint density at radius 2 is 1.31 bits per heavy atom. The van der Waals surface area contributed by atoms with Gasteiger partial charge in [-0.1, -0.05) is 67.8 Å². The topological polar surface area (TPSA) is 487 Å². The lowest BCUT2D eigenvalue weighted by atomic mass is 9.96. The minimum absolute atomic E-state index is 0.0345. The van der Waals surface area contributed by atoms with Crippen LogP contribution in [0.5, 0.6) is 5.75 Å². The zero-order valence-electron chi connectivity index (χ0n) is 45.4. The van der Waals surface area contributed by atoms with Gasteiger partial charge in [0, 0.05) is 30.9 Å². The number of amides is 14. The second-order valence-electron chi connectivity index (χ2n) is 19.7. The van der Waals surface area contributed by atoms with Gasteiger partial charge in [0.05, 0.1) is 32.6 Å². The van der Waals surface area contributed by atoms with Crippen molar-refractivity contribution in [1.29, 1.82) is 0 Å². The molecule has 1 unspecified atom stereocenters. The van der Waals surface area contributed by atoms with Crippen LogP contribution in [0, 0.1) is 11.8 Å². The summed E-state index contributed by atoms with van der Waals surface area (Å²) in [6.07, 6.45) is -1.33. The van der Waals surface area contributed by atoms with Crippen LogP contribution < -0.4 is 76.1 Å². The van der Waals surface area contributed by atoms with Gasteiger partial charge in [-0.15, -0.1) is 0 Å². The smallest absolute Gasteiger partial charge is 0.246 e. The number of primary amides is 3. The van der Waals surface area contributed by atoms with Crippen molar-refractivity contribution in [2.24, 2.45) is 34.8 Å². The molecule has 1 aromatic carbocycles. The first-order valence-corrected chi connectivity index (χ1v) is 28.5. The lowest BCUT2D eigenvalue weighted by molar-refractivity contribution is -0.142. The van der Waals surface area contributed by atoms with Gasteiger partial charge < -0.3 is 86.1 Å². The molecule has 2 heterocycles. The molecule has 0 aliphatic carbocycles. The van der Waals surface area contributed by atoms with Crippen molar-refractivity contribution in [2.45, 2.75) is 127 Å². The Morgan fingerprint density at radius 1 is 0.704 bits per heavy atom. The number of aromatic hydroxyl groups is 1. The number of hydrogen-bond donors (Lipinski definition) is 15. The van der Waals surface area contributed by atoms with E-state index in [0.717, 1.165) is 26.5 Å². The molecule has 2 aliphatic heterocycles. The van der Waals surface area contributed by atoms with Gasteiger partial charge in [0.1, 0.15) is 54.1 Å². The SMILES string of the molecule is CC[C@H](C)C1NC(=O)[C@H](Cc2ccc(O)cc2)NC(=O)[C@@H](NC(=O)CNC(=O)CNC(=O)CN)CSSC[C@@H](C(=O)N2CCC[C@H]2C(=O)N[C@@H](CC(C)C)C(=O)NCC(N)=O)NC(=O)[C@H](CC(N)=O)NC(=O)[C@H](CCC(N)=O)NC1=O. The normalized spacial score (nSPS) is 22.2. The van der Waals surface area contributed by atoms with E-state index in [1.807, 2.05) is 0 Å². The maximum atomic E-state index is 14.8. The number of carbonyl (C=O) groups is 14. The molecule has 0 aromatic heterocycles. The number of phenols is 1. The second-order valence-corrected chi connectivity index (χ2v) is 22.2. The molecule has 0 radical (unpaired) electrons. The summed E-state index contributed by atoms with van der Waals surface area (Å²) in [5.41, 5.74) is 21.9. The predicted molar refractivity (Wildman–Crippen MR) is 293 cm³/mol. The average Bonchev–Trinajstić information content (AvgIpc) is 3.93. The summed E-state index contributed by atoms with van der Waals surface area (Å²) in [4.78, 5) is 188. The lowest BCUT2D eigenvalue weighted by Crippen LogP contribution is -2.62. The van der Waals surface area contributed by atoms with Gasteiger partial charge in [0.25, 0.3) is 0 Å². The van der Waals surface area contributed by atoms with Crippen LogP contribution in [-0.2, 0) is 73.5 Å². The fourth-order valence-corrected chi connectivity index (χ4v) is 10.5. The van der Waals surface area contributed by atoms with Crippen molar-refractivity contribution >= 4 is 104 Å². The van der Waals surface area contributed by atoms with E-state index >= 15 is 0 Å². The standard InChI is InChI=1S/C49H75N15O15S2/c1-5-25(4)41-48(78)58-28(12-13-35(51)66)43(73)60-31(17-36(52)67)44(74)62-33(49(79)64-14-6-7-34(64)47(77)61-29(15-24(2)3)42(72)56-19-37(53)68)23-81-80-22-32(57-40(71)21-55-39(70)20-54-38(69)18-50)46(76)59-30(45(75)63-41)16-26-8-10-27(65)11-9-26/h8-11,24-25,28-34,41,65H,5-7,12-23,50H2,1-4H3,(H2,51,66)(H2,52,67)(H2,53,68)(H,54,69)(H,55,70)(H,56,72)(H,57,71)(H,58,78)(H,59,76)(H,60,73)(H,61,77)(H,62,74)(H,63,75)/t25-,28-,29-,30-,31-,32-,33-,34-,41?/m0/s1. The van der Waals surface area contributed by atoms with Gasteiger partial charge in [-0.05, 0) is 55.2 Å². The van der Waals surface area contributed by atoms with Crippen LogP contribution in [0.15, 0.2) is 24.3 Å². The molecule has 448 valence electrons. The van der Waals surface area contributed by atoms with Crippen molar-refractivity contribution < 1.29 is 72.2 Å². The molecular weight excluding hydrogens is 1100 g/mol. The van der Waals surface area contributed by atoms with Gasteiger partial charge in [-0.3, -0.25) is 67.1 Å². The molecule has 81 heavy (non-hydrogen) atoms. The van der Waals surface area contributed by atoms with Crippen LogP contribution >= 0.6 is 21.6 Å². The number of rotatable bonds is 23. The highest BCUT2D eigenvalue weighted by Crippen LogP contribution is 2.26. The van der Waals surface area contributed by atoms with Gasteiger partial charge in [-0.2, -0.15) is 0 Å². The highest BCUT2D eigenvalue weighted by atomic mass is 33.1. The minimum Gasteiger partial charge on any atom is -0.508 e. The molecule has 19 N–H and O–H groups in total. The number of phenolic OH excluding ortho intramolecular Hbond substituents is 1. The summed E-state index contributed by atoms with van der Waals surface area (Å²) < 4.78 is 0. The molecule has 1 aromatic rings. The van der Waals surface area contributed by atoms with E-state index in [1.54, 1.807) is 27.7 Å². The number of hydrogen-bond acceptors (Lipinski definition) is 18. The van der Waals surface area contributed by atoms with Gasteiger partial charge in [0.15, 0.2) is 0 Å². The summed E-state index contributed by atoms with van der Waals surface area (Å²) >= 11 is 0. The highest BCUT2D eigenvalue weighted by Gasteiger charge is 2.41. The number of nitrogens with two attached hydrogens (primary N) is 4. The number of likely N-dealkylation sites (tertiary alicyclic amines) is 1. The van der Waals surface area contributed by atoms with Crippen molar-refractivity contribution in [1.82, 2.24) is 58.1 Å². The fourth-order valence-electron chi connectivity index (χ4n) is 8.18. The maximum Gasteiger partial charge on any atom is 0.246 e. The van der Waals surface area contributed by atoms with Crippen molar-refractivity contribution in [3.63, 3.8) is 0 Å². The van der Waals surface area contributed by atoms with Crippen LogP contribution in [-0.4, -0.2) is 185 Å². The molecule has 30 nitrogen and oxygen atoms in total. The third-order valence-electron chi connectivity index (χ3n) is 12.7. The van der Waals surface area contributed by atoms with Gasteiger partial charge >= 0.3 is 0 Å². The number of nitrogens with one attached hydrogen (secondary N) is 10. The van der Waals surface area contributed by atoms with Crippen molar-refractivity contribution in [3.8, 4) is 5.75 Å². The van der Waals surface area contributed by atoms with E-state index in [9.17, 15) is 72.2 Å². The van der Waals surface area contributed by atoms with Crippen molar-refractivity contribution in [2.75, 3.05) is 44.2 Å². The van der Waals surface area contributed by atoms with E-state index in [2.05, 4.69) is 53.2 Å². The zero-order chi connectivity index (χ0) is 60.5. The molecule has 2 saturated heterocycles. The molecule has 0 bridgehead atoms. The number of benzene rings is 1. The Morgan fingerprint density at radius 3 is 1.93 bits per heavy atom. The van der Waals surface area contributed by atoms with E-state index in [-0.39, 0.29) is 61.8 Å². The zero-order valence-corrected chi connectivity index (χ0v) is 47.1. The summed E-state index contributed by atoms with van der Waals surface area (Å²) in [6.45, 7) is 4.65. The molecule has 9 atom stereocenters. The molecule has 3 rings (SSSR count). The minimum atomic E-state index is -1.85. The molecule has 2 aliphatic rings. The molecule has 0 spiro atoms. The van der Waals surface area contributed by atoms with Crippen LogP contribution in [0.2, 0.25) is 0 Å². The average molecular weight is 1180 g/mol. The summed E-state index contributed by atoms with van der Waals surface area (Å²) in [5.74, 6) is -14.3. The molecular formula is C49H75N15O15S2. The predicted octanol–water partition coefficient (Wildman–Crippen LogP) is -6.26. The third kappa shape index (κ3) is 23.5. The first-order chi connectivity index (χ1) is 38.2. The fraction of sp³-hybridized carbons (Fsp3) is 0.592. The monoisotopic (exact) mass is 1180 g/mol. The van der Waals surface area contributed by atoms with Crippen LogP contribution in [0.3, 0.4) is 0 Å². The van der Waals surface area contributed by atoms with E-state index in [4.69, 9.17) is 22.9 Å². The van der Waals surface area contributed by atoms with E-state index in [1.165, 1.54) is 24.3 Å². The van der Waals surface area contributed by atoms with Gasteiger partial charge in [-0.25, -0.2) is 0 Å². The Bertz CT molecular complexity index is 2470. The van der Waals surface area contributed by atoms with E-state index < -0.39 is 182 Å². The molecule has 2 fully saturated rings. The first-order valence-electron chi connectivity index (χ1n) is 26.0. The highest BCUT2D eigenvalue weighted by molar-refractivity contribution is 8.76. The Labute approximate surface area is 474 Å². The molecule has 14 amide bonds. The number of nitrogens with zero attached hydrogens (tertiary/aromatic N) is 1. The molecule has 32 heteroatoms. The first kappa shape index (κ1) is 67.5. The lowest BCUT2D eigenvalue weighted by Gasteiger charge is -2.31.